The van der Waals surface area contributed by atoms with E-state index in [9.17, 15) is 13.5 Å². The molecule has 0 amide bonds. The first kappa shape index (κ1) is 11.3. The van der Waals surface area contributed by atoms with Gasteiger partial charge in [-0.05, 0) is 18.6 Å². The summed E-state index contributed by atoms with van der Waals surface area (Å²) in [6.45, 7) is 1.25. The normalized spacial score (nSPS) is 21.4. The van der Waals surface area contributed by atoms with E-state index in [2.05, 4.69) is 4.98 Å². The number of rotatable bonds is 2. The molecule has 0 radical (unpaired) electrons. The van der Waals surface area contributed by atoms with Crippen LogP contribution in [0, 0.1) is 0 Å². The van der Waals surface area contributed by atoms with E-state index in [0.717, 1.165) is 6.54 Å². The lowest BCUT2D eigenvalue weighted by Crippen LogP contribution is -2.22. The fourth-order valence-electron chi connectivity index (χ4n) is 1.68. The van der Waals surface area contributed by atoms with Crippen molar-refractivity contribution >= 4 is 15.8 Å². The predicted octanol–water partition coefficient (Wildman–Crippen LogP) is -0.700. The van der Waals surface area contributed by atoms with Crippen LogP contribution < -0.4 is 10.0 Å². The van der Waals surface area contributed by atoms with E-state index in [1.54, 1.807) is 6.07 Å². The maximum atomic E-state index is 11.0. The summed E-state index contributed by atoms with van der Waals surface area (Å²) >= 11 is 0. The molecule has 1 fully saturated rings. The molecule has 2 rings (SSSR count). The van der Waals surface area contributed by atoms with Gasteiger partial charge in [0.1, 0.15) is 10.7 Å². The van der Waals surface area contributed by atoms with Crippen LogP contribution in [0.15, 0.2) is 23.2 Å². The van der Waals surface area contributed by atoms with Crippen LogP contribution in [-0.4, -0.2) is 37.7 Å². The van der Waals surface area contributed by atoms with Crippen LogP contribution in [0.2, 0.25) is 0 Å². The van der Waals surface area contributed by atoms with Gasteiger partial charge in [-0.25, -0.2) is 18.5 Å². The van der Waals surface area contributed by atoms with Gasteiger partial charge in [-0.3, -0.25) is 0 Å². The van der Waals surface area contributed by atoms with E-state index in [1.165, 1.54) is 12.3 Å². The molecule has 7 heteroatoms. The van der Waals surface area contributed by atoms with Crippen molar-refractivity contribution in [3.05, 3.63) is 18.3 Å². The lowest BCUT2D eigenvalue weighted by molar-refractivity contribution is 0.198. The van der Waals surface area contributed by atoms with Crippen molar-refractivity contribution in [2.75, 3.05) is 18.0 Å². The number of hydrogen-bond donors (Lipinski definition) is 2. The zero-order valence-electron chi connectivity index (χ0n) is 8.57. The van der Waals surface area contributed by atoms with Crippen LogP contribution in [0.3, 0.4) is 0 Å². The summed E-state index contributed by atoms with van der Waals surface area (Å²) in [6.07, 6.45) is 1.60. The molecule has 0 spiro atoms. The zero-order chi connectivity index (χ0) is 11.8. The zero-order valence-corrected chi connectivity index (χ0v) is 9.39. The summed E-state index contributed by atoms with van der Waals surface area (Å²) in [4.78, 5) is 5.91. The molecule has 6 nitrogen and oxygen atoms in total. The average molecular weight is 243 g/mol. The van der Waals surface area contributed by atoms with E-state index < -0.39 is 10.0 Å². The first-order chi connectivity index (χ1) is 7.47. The summed E-state index contributed by atoms with van der Waals surface area (Å²) in [5.41, 5.74) is 0. The summed E-state index contributed by atoms with van der Waals surface area (Å²) in [7, 11) is -3.68. The van der Waals surface area contributed by atoms with Crippen molar-refractivity contribution in [3.8, 4) is 0 Å². The smallest absolute Gasteiger partial charge is 0.239 e. The van der Waals surface area contributed by atoms with Gasteiger partial charge < -0.3 is 10.0 Å². The van der Waals surface area contributed by atoms with Gasteiger partial charge in [0.2, 0.25) is 10.0 Å². The SMILES string of the molecule is NS(=O)(=O)c1ccc(N2CC[C@H](O)C2)nc1. The van der Waals surface area contributed by atoms with Crippen molar-refractivity contribution in [1.29, 1.82) is 0 Å². The van der Waals surface area contributed by atoms with E-state index in [4.69, 9.17) is 5.14 Å². The number of pyridine rings is 1. The number of aliphatic hydroxyl groups excluding tert-OH is 1. The number of hydrogen-bond acceptors (Lipinski definition) is 5. The molecule has 1 aliphatic heterocycles. The molecular formula is C9H13N3O3S. The Kier molecular flexibility index (Phi) is 2.83. The first-order valence-corrected chi connectivity index (χ1v) is 6.43. The second-order valence-electron chi connectivity index (χ2n) is 3.79. The van der Waals surface area contributed by atoms with Crippen LogP contribution in [0.25, 0.3) is 0 Å². The Labute approximate surface area is 93.8 Å². The molecule has 1 aromatic heterocycles. The predicted molar refractivity (Wildman–Crippen MR) is 58.4 cm³/mol. The molecule has 0 aliphatic carbocycles. The number of aromatic nitrogens is 1. The molecule has 1 aliphatic rings. The van der Waals surface area contributed by atoms with Gasteiger partial charge >= 0.3 is 0 Å². The Bertz CT molecular complexity index is 471. The highest BCUT2D eigenvalue weighted by Crippen LogP contribution is 2.18. The number of aliphatic hydroxyl groups is 1. The molecule has 0 saturated carbocycles. The van der Waals surface area contributed by atoms with Gasteiger partial charge in [0.05, 0.1) is 6.10 Å². The highest BCUT2D eigenvalue weighted by Gasteiger charge is 2.21. The third-order valence-electron chi connectivity index (χ3n) is 2.54. The van der Waals surface area contributed by atoms with Crippen LogP contribution >= 0.6 is 0 Å². The molecule has 2 heterocycles. The molecular weight excluding hydrogens is 230 g/mol. The Balaban J connectivity index is 2.20. The van der Waals surface area contributed by atoms with Crippen LogP contribution in [0.5, 0.6) is 0 Å². The molecule has 0 bridgehead atoms. The Morgan fingerprint density at radius 2 is 2.25 bits per heavy atom. The minimum atomic E-state index is -3.68. The lowest BCUT2D eigenvalue weighted by Gasteiger charge is -2.16. The third-order valence-corrected chi connectivity index (χ3v) is 3.44. The van der Waals surface area contributed by atoms with E-state index in [-0.39, 0.29) is 11.0 Å². The summed E-state index contributed by atoms with van der Waals surface area (Å²) in [6, 6.07) is 3.01. The Morgan fingerprint density at radius 1 is 1.50 bits per heavy atom. The van der Waals surface area contributed by atoms with Crippen molar-refractivity contribution in [2.24, 2.45) is 5.14 Å². The maximum Gasteiger partial charge on any atom is 0.239 e. The Hall–Kier alpha value is -1.18. The van der Waals surface area contributed by atoms with Crippen LogP contribution in [-0.2, 0) is 10.0 Å². The number of anilines is 1. The second-order valence-corrected chi connectivity index (χ2v) is 5.35. The summed E-state index contributed by atoms with van der Waals surface area (Å²) in [5, 5.41) is 14.3. The van der Waals surface area contributed by atoms with Gasteiger partial charge in [-0.2, -0.15) is 0 Å². The van der Waals surface area contributed by atoms with Crippen molar-refractivity contribution in [2.45, 2.75) is 17.4 Å². The first-order valence-electron chi connectivity index (χ1n) is 4.89. The fraction of sp³-hybridized carbons (Fsp3) is 0.444. The van der Waals surface area contributed by atoms with Crippen molar-refractivity contribution in [3.63, 3.8) is 0 Å². The number of primary sulfonamides is 1. The van der Waals surface area contributed by atoms with Gasteiger partial charge in [-0.1, -0.05) is 0 Å². The van der Waals surface area contributed by atoms with Gasteiger partial charge in [0, 0.05) is 19.3 Å². The number of nitrogens with two attached hydrogens (primary N) is 1. The van der Waals surface area contributed by atoms with E-state index >= 15 is 0 Å². The highest BCUT2D eigenvalue weighted by atomic mass is 32.2. The Morgan fingerprint density at radius 3 is 2.69 bits per heavy atom. The van der Waals surface area contributed by atoms with E-state index in [1.807, 2.05) is 4.90 Å². The van der Waals surface area contributed by atoms with E-state index in [0.29, 0.717) is 18.8 Å². The maximum absolute atomic E-state index is 11.0. The largest absolute Gasteiger partial charge is 0.391 e. The second kappa shape index (κ2) is 4.00. The van der Waals surface area contributed by atoms with Crippen LogP contribution in [0.1, 0.15) is 6.42 Å². The summed E-state index contributed by atoms with van der Waals surface area (Å²) < 4.78 is 22.0. The minimum Gasteiger partial charge on any atom is -0.391 e. The molecule has 1 saturated heterocycles. The third kappa shape index (κ3) is 2.31. The van der Waals surface area contributed by atoms with Crippen LogP contribution in [0.4, 0.5) is 5.82 Å². The van der Waals surface area contributed by atoms with Gasteiger partial charge in [0.15, 0.2) is 0 Å². The topological polar surface area (TPSA) is 96.5 Å². The molecule has 0 unspecified atom stereocenters. The van der Waals surface area contributed by atoms with Crippen molar-refractivity contribution < 1.29 is 13.5 Å². The molecule has 1 aromatic rings. The van der Waals surface area contributed by atoms with Crippen molar-refractivity contribution in [1.82, 2.24) is 4.98 Å². The molecule has 3 N–H and O–H groups in total. The molecule has 0 aromatic carbocycles. The lowest BCUT2D eigenvalue weighted by atomic mass is 10.3. The quantitative estimate of drug-likeness (QED) is 0.716. The number of β-amino-alcohol motifs (C(OH)–C–C–N with tert-alkyl or cyclic N) is 1. The monoisotopic (exact) mass is 243 g/mol. The standard InChI is InChI=1S/C9H13N3O3S/c10-16(14,15)8-1-2-9(11-5-8)12-4-3-7(13)6-12/h1-2,5,7,13H,3-4,6H2,(H2,10,14,15)/t7-/m0/s1. The fourth-order valence-corrected chi connectivity index (χ4v) is 2.14. The molecule has 88 valence electrons. The van der Waals surface area contributed by atoms with Gasteiger partial charge in [0.25, 0.3) is 0 Å². The van der Waals surface area contributed by atoms with Gasteiger partial charge in [-0.15, -0.1) is 0 Å². The number of sulfonamides is 1. The minimum absolute atomic E-state index is 0.00371. The highest BCUT2D eigenvalue weighted by molar-refractivity contribution is 7.89. The number of nitrogens with zero attached hydrogens (tertiary/aromatic N) is 2. The average Bonchev–Trinajstić information content (AvgIpc) is 2.64. The molecule has 16 heavy (non-hydrogen) atoms. The summed E-state index contributed by atoms with van der Waals surface area (Å²) in [5.74, 6) is 0.656. The molecule has 1 atom stereocenters.